The van der Waals surface area contributed by atoms with Crippen LogP contribution in [0, 0.1) is 0 Å². The number of nitrogens with two attached hydrogens (primary N) is 1. The molecule has 1 heterocycles. The van der Waals surface area contributed by atoms with Crippen molar-refractivity contribution in [3.63, 3.8) is 0 Å². The highest BCUT2D eigenvalue weighted by atomic mass is 16.1. The van der Waals surface area contributed by atoms with Crippen molar-refractivity contribution in [2.45, 2.75) is 25.8 Å². The van der Waals surface area contributed by atoms with Crippen molar-refractivity contribution in [3.8, 4) is 0 Å². The minimum absolute atomic E-state index is 0.00462. The van der Waals surface area contributed by atoms with Crippen LogP contribution in [0.3, 0.4) is 0 Å². The van der Waals surface area contributed by atoms with Crippen molar-refractivity contribution in [2.75, 3.05) is 6.54 Å². The fraction of sp³-hybridized carbons (Fsp3) is 0.357. The van der Waals surface area contributed by atoms with Gasteiger partial charge >= 0.3 is 0 Å². The quantitative estimate of drug-likeness (QED) is 0.851. The van der Waals surface area contributed by atoms with Gasteiger partial charge in [0, 0.05) is 25.0 Å². The molecule has 0 fully saturated rings. The predicted octanol–water partition coefficient (Wildman–Crippen LogP) is 1.49. The summed E-state index contributed by atoms with van der Waals surface area (Å²) in [6, 6.07) is 5.38. The number of carbonyl (C=O) groups excluding carboxylic acids is 1. The number of hydrogen-bond donors (Lipinski definition) is 2. The number of aromatic nitrogens is 2. The Morgan fingerprint density at radius 1 is 1.37 bits per heavy atom. The lowest BCUT2D eigenvalue weighted by Crippen LogP contribution is -2.37. The van der Waals surface area contributed by atoms with E-state index in [-0.39, 0.29) is 11.9 Å². The molecule has 0 spiro atoms. The van der Waals surface area contributed by atoms with Crippen molar-refractivity contribution in [2.24, 2.45) is 5.73 Å². The molecular weight excluding hydrogens is 240 g/mol. The zero-order valence-electron chi connectivity index (χ0n) is 11.0. The molecule has 100 valence electrons. The normalized spacial score (nSPS) is 12.3. The zero-order chi connectivity index (χ0) is 13.7. The summed E-state index contributed by atoms with van der Waals surface area (Å²) in [4.78, 5) is 20.5. The van der Waals surface area contributed by atoms with Gasteiger partial charge in [0.05, 0.1) is 11.1 Å². The van der Waals surface area contributed by atoms with Crippen LogP contribution < -0.4 is 11.1 Å². The van der Waals surface area contributed by atoms with E-state index < -0.39 is 0 Å². The lowest BCUT2D eigenvalue weighted by Gasteiger charge is -2.12. The first-order valence-electron chi connectivity index (χ1n) is 6.46. The number of amides is 1. The maximum absolute atomic E-state index is 12.1. The number of hydrogen-bond acceptors (Lipinski definition) is 4. The molecule has 1 aromatic carbocycles. The Labute approximate surface area is 112 Å². The SMILES string of the molecule is CCCC(N)CNC(=O)c1cccc2nccnc12. The smallest absolute Gasteiger partial charge is 0.253 e. The maximum atomic E-state index is 12.1. The highest BCUT2D eigenvalue weighted by Crippen LogP contribution is 2.13. The number of benzene rings is 1. The summed E-state index contributed by atoms with van der Waals surface area (Å²) >= 11 is 0. The summed E-state index contributed by atoms with van der Waals surface area (Å²) in [7, 11) is 0. The van der Waals surface area contributed by atoms with Gasteiger partial charge in [-0.05, 0) is 18.6 Å². The summed E-state index contributed by atoms with van der Waals surface area (Å²) in [5.74, 6) is -0.155. The molecule has 1 aromatic heterocycles. The number of nitrogens with one attached hydrogen (secondary N) is 1. The second kappa shape index (κ2) is 6.24. The summed E-state index contributed by atoms with van der Waals surface area (Å²) in [6.07, 6.45) is 5.11. The van der Waals surface area contributed by atoms with E-state index in [2.05, 4.69) is 22.2 Å². The van der Waals surface area contributed by atoms with Crippen LogP contribution in [-0.2, 0) is 0 Å². The van der Waals surface area contributed by atoms with Crippen LogP contribution in [0.2, 0.25) is 0 Å². The molecule has 0 aliphatic heterocycles. The van der Waals surface area contributed by atoms with Gasteiger partial charge < -0.3 is 11.1 Å². The van der Waals surface area contributed by atoms with Crippen LogP contribution in [0.1, 0.15) is 30.1 Å². The number of para-hydroxylation sites is 1. The van der Waals surface area contributed by atoms with E-state index in [0.29, 0.717) is 23.1 Å². The van der Waals surface area contributed by atoms with Crippen LogP contribution in [0.25, 0.3) is 11.0 Å². The van der Waals surface area contributed by atoms with Crippen LogP contribution >= 0.6 is 0 Å². The zero-order valence-corrected chi connectivity index (χ0v) is 11.0. The minimum atomic E-state index is -0.155. The van der Waals surface area contributed by atoms with Gasteiger partial charge in [0.15, 0.2) is 0 Å². The summed E-state index contributed by atoms with van der Waals surface area (Å²) < 4.78 is 0. The van der Waals surface area contributed by atoms with Crippen molar-refractivity contribution in [3.05, 3.63) is 36.2 Å². The molecule has 0 saturated heterocycles. The first-order chi connectivity index (χ1) is 9.22. The third kappa shape index (κ3) is 3.26. The minimum Gasteiger partial charge on any atom is -0.350 e. The summed E-state index contributed by atoms with van der Waals surface area (Å²) in [5.41, 5.74) is 7.75. The number of rotatable bonds is 5. The highest BCUT2D eigenvalue weighted by molar-refractivity contribution is 6.04. The Morgan fingerprint density at radius 3 is 2.95 bits per heavy atom. The third-order valence-corrected chi connectivity index (χ3v) is 2.93. The van der Waals surface area contributed by atoms with Gasteiger partial charge in [0.25, 0.3) is 5.91 Å². The molecule has 19 heavy (non-hydrogen) atoms. The van der Waals surface area contributed by atoms with Crippen LogP contribution in [0.15, 0.2) is 30.6 Å². The second-order valence-electron chi connectivity index (χ2n) is 4.49. The van der Waals surface area contributed by atoms with Crippen LogP contribution in [-0.4, -0.2) is 28.5 Å². The van der Waals surface area contributed by atoms with Gasteiger partial charge in [-0.15, -0.1) is 0 Å². The Balaban J connectivity index is 2.13. The molecule has 1 atom stereocenters. The highest BCUT2D eigenvalue weighted by Gasteiger charge is 2.12. The van der Waals surface area contributed by atoms with E-state index in [0.717, 1.165) is 12.8 Å². The predicted molar refractivity (Wildman–Crippen MR) is 74.8 cm³/mol. The number of fused-ring (bicyclic) bond motifs is 1. The van der Waals surface area contributed by atoms with Crippen LogP contribution in [0.5, 0.6) is 0 Å². The first kappa shape index (κ1) is 13.4. The molecule has 0 bridgehead atoms. The molecular formula is C14H18N4O. The van der Waals surface area contributed by atoms with Crippen molar-refractivity contribution >= 4 is 16.9 Å². The monoisotopic (exact) mass is 258 g/mol. The topological polar surface area (TPSA) is 80.9 Å². The molecule has 0 aliphatic rings. The molecule has 5 heteroatoms. The first-order valence-corrected chi connectivity index (χ1v) is 6.46. The Bertz CT molecular complexity index is 565. The average molecular weight is 258 g/mol. The van der Waals surface area contributed by atoms with E-state index >= 15 is 0 Å². The molecule has 0 aliphatic carbocycles. The van der Waals surface area contributed by atoms with Gasteiger partial charge in [0.2, 0.25) is 0 Å². The lowest BCUT2D eigenvalue weighted by molar-refractivity contribution is 0.0952. The molecule has 1 amide bonds. The average Bonchev–Trinajstić information content (AvgIpc) is 2.44. The largest absolute Gasteiger partial charge is 0.350 e. The molecule has 1 unspecified atom stereocenters. The van der Waals surface area contributed by atoms with Crippen molar-refractivity contribution in [1.29, 1.82) is 0 Å². The van der Waals surface area contributed by atoms with Crippen molar-refractivity contribution < 1.29 is 4.79 Å². The lowest BCUT2D eigenvalue weighted by atomic mass is 10.1. The molecule has 2 rings (SSSR count). The maximum Gasteiger partial charge on any atom is 0.253 e. The molecule has 0 saturated carbocycles. The van der Waals surface area contributed by atoms with Gasteiger partial charge in [-0.2, -0.15) is 0 Å². The fourth-order valence-electron chi connectivity index (χ4n) is 1.97. The summed E-state index contributed by atoms with van der Waals surface area (Å²) in [6.45, 7) is 2.55. The second-order valence-corrected chi connectivity index (χ2v) is 4.49. The van der Waals surface area contributed by atoms with E-state index in [4.69, 9.17) is 5.73 Å². The molecule has 0 radical (unpaired) electrons. The molecule has 5 nitrogen and oxygen atoms in total. The van der Waals surface area contributed by atoms with E-state index in [9.17, 15) is 4.79 Å². The van der Waals surface area contributed by atoms with E-state index in [1.54, 1.807) is 24.5 Å². The summed E-state index contributed by atoms with van der Waals surface area (Å²) in [5, 5.41) is 2.84. The van der Waals surface area contributed by atoms with E-state index in [1.165, 1.54) is 0 Å². The molecule has 2 aromatic rings. The Morgan fingerprint density at radius 2 is 2.16 bits per heavy atom. The van der Waals surface area contributed by atoms with Gasteiger partial charge in [-0.25, -0.2) is 0 Å². The van der Waals surface area contributed by atoms with Crippen molar-refractivity contribution in [1.82, 2.24) is 15.3 Å². The number of carbonyl (C=O) groups is 1. The van der Waals surface area contributed by atoms with Gasteiger partial charge in [-0.1, -0.05) is 19.4 Å². The Hall–Kier alpha value is -2.01. The Kier molecular flexibility index (Phi) is 4.41. The fourth-order valence-corrected chi connectivity index (χ4v) is 1.97. The third-order valence-electron chi connectivity index (χ3n) is 2.93. The number of nitrogens with zero attached hydrogens (tertiary/aromatic N) is 2. The van der Waals surface area contributed by atoms with Crippen LogP contribution in [0.4, 0.5) is 0 Å². The molecule has 3 N–H and O–H groups in total. The van der Waals surface area contributed by atoms with Gasteiger partial charge in [-0.3, -0.25) is 14.8 Å². The van der Waals surface area contributed by atoms with E-state index in [1.807, 2.05) is 6.07 Å². The standard InChI is InChI=1S/C14H18N4O/c1-2-4-10(15)9-18-14(19)11-5-3-6-12-13(11)17-8-7-16-12/h3,5-8,10H,2,4,9,15H2,1H3,(H,18,19). The van der Waals surface area contributed by atoms with Gasteiger partial charge in [0.1, 0.15) is 5.52 Å².